The summed E-state index contributed by atoms with van der Waals surface area (Å²) in [6.07, 6.45) is 7.40. The molecule has 0 aromatic carbocycles. The van der Waals surface area contributed by atoms with Crippen molar-refractivity contribution < 1.29 is 9.53 Å². The summed E-state index contributed by atoms with van der Waals surface area (Å²) in [5.41, 5.74) is 1.07. The van der Waals surface area contributed by atoms with Crippen LogP contribution in [-0.4, -0.2) is 55.1 Å². The smallest absolute Gasteiger partial charge is 0.316 e. The Morgan fingerprint density at radius 3 is 2.91 bits per heavy atom. The van der Waals surface area contributed by atoms with Crippen molar-refractivity contribution in [2.24, 2.45) is 0 Å². The largest absolute Gasteiger partial charge is 0.458 e. The molecule has 1 unspecified atom stereocenters. The molecule has 8 heteroatoms. The van der Waals surface area contributed by atoms with Gasteiger partial charge in [-0.3, -0.25) is 9.89 Å². The molecule has 3 rings (SSSR count). The number of carbonyl (C=O) groups excluding carboxylic acids is 1. The van der Waals surface area contributed by atoms with E-state index in [9.17, 15) is 4.79 Å². The van der Waals surface area contributed by atoms with Crippen LogP contribution in [0.3, 0.4) is 0 Å². The van der Waals surface area contributed by atoms with E-state index >= 15 is 0 Å². The van der Waals surface area contributed by atoms with Gasteiger partial charge in [0.2, 0.25) is 5.82 Å². The second-order valence-corrected chi connectivity index (χ2v) is 5.19. The van der Waals surface area contributed by atoms with E-state index in [1.165, 1.54) is 6.33 Å². The Morgan fingerprint density at radius 1 is 1.41 bits per heavy atom. The zero-order chi connectivity index (χ0) is 15.4. The zero-order valence-electron chi connectivity index (χ0n) is 12.4. The van der Waals surface area contributed by atoms with Crippen LogP contribution in [0.15, 0.2) is 18.7 Å². The average molecular weight is 302 g/mol. The van der Waals surface area contributed by atoms with Crippen molar-refractivity contribution in [1.82, 2.24) is 30.0 Å². The second-order valence-electron chi connectivity index (χ2n) is 5.19. The van der Waals surface area contributed by atoms with Gasteiger partial charge in [-0.25, -0.2) is 15.0 Å². The summed E-state index contributed by atoms with van der Waals surface area (Å²) in [6, 6.07) is 0.358. The first kappa shape index (κ1) is 14.4. The van der Waals surface area contributed by atoms with Crippen molar-refractivity contribution in [1.29, 1.82) is 0 Å². The Kier molecular flexibility index (Phi) is 4.27. The van der Waals surface area contributed by atoms with Gasteiger partial charge in [-0.1, -0.05) is 6.92 Å². The Hall–Kier alpha value is -2.51. The van der Waals surface area contributed by atoms with Crippen LogP contribution < -0.4 is 4.74 Å². The van der Waals surface area contributed by atoms with Crippen molar-refractivity contribution in [3.63, 3.8) is 0 Å². The van der Waals surface area contributed by atoms with Gasteiger partial charge in [0, 0.05) is 18.9 Å². The Balaban J connectivity index is 1.61. The topological polar surface area (TPSA) is 96.9 Å². The van der Waals surface area contributed by atoms with Gasteiger partial charge in [-0.15, -0.1) is 0 Å². The summed E-state index contributed by atoms with van der Waals surface area (Å²) in [7, 11) is 0. The minimum absolute atomic E-state index is 0.104. The van der Waals surface area contributed by atoms with Crippen molar-refractivity contribution in [3.05, 3.63) is 30.1 Å². The number of piperidine rings is 1. The van der Waals surface area contributed by atoms with Crippen LogP contribution in [0, 0.1) is 0 Å². The number of hydrogen-bond donors (Lipinski definition) is 1. The molecule has 0 radical (unpaired) electrons. The van der Waals surface area contributed by atoms with Gasteiger partial charge >= 0.3 is 6.01 Å². The monoisotopic (exact) mass is 302 g/mol. The summed E-state index contributed by atoms with van der Waals surface area (Å²) in [4.78, 5) is 26.3. The molecule has 22 heavy (non-hydrogen) atoms. The van der Waals surface area contributed by atoms with Crippen LogP contribution in [0.4, 0.5) is 0 Å². The first-order valence-corrected chi connectivity index (χ1v) is 7.38. The lowest BCUT2D eigenvalue weighted by atomic mass is 10.1. The van der Waals surface area contributed by atoms with E-state index in [4.69, 9.17) is 4.74 Å². The summed E-state index contributed by atoms with van der Waals surface area (Å²) in [6.45, 7) is 3.24. The first-order chi connectivity index (χ1) is 10.8. The average Bonchev–Trinajstić information content (AvgIpc) is 3.09. The fourth-order valence-electron chi connectivity index (χ4n) is 2.41. The SMILES string of the molecule is CCc1cnc(OC2CCCN(C(=O)c3ncn[nH]3)C2)nc1. The highest BCUT2D eigenvalue weighted by Crippen LogP contribution is 2.16. The molecular weight excluding hydrogens is 284 g/mol. The lowest BCUT2D eigenvalue weighted by Crippen LogP contribution is -2.44. The first-order valence-electron chi connectivity index (χ1n) is 7.38. The van der Waals surface area contributed by atoms with Gasteiger partial charge in [0.25, 0.3) is 5.91 Å². The standard InChI is InChI=1S/C14H18N6O2/c1-2-10-6-15-14(16-7-10)22-11-4-3-5-20(8-11)13(21)12-17-9-18-19-12/h6-7,9,11H,2-5,8H2,1H3,(H,17,18,19). The van der Waals surface area contributed by atoms with Crippen LogP contribution in [-0.2, 0) is 6.42 Å². The Labute approximate surface area is 127 Å². The van der Waals surface area contributed by atoms with Crippen LogP contribution in [0.1, 0.15) is 35.9 Å². The van der Waals surface area contributed by atoms with E-state index in [1.54, 1.807) is 17.3 Å². The molecule has 1 aliphatic rings. The molecule has 0 aliphatic carbocycles. The van der Waals surface area contributed by atoms with Crippen molar-refractivity contribution in [2.75, 3.05) is 13.1 Å². The fraction of sp³-hybridized carbons (Fsp3) is 0.500. The lowest BCUT2D eigenvalue weighted by molar-refractivity contribution is 0.0505. The molecule has 0 spiro atoms. The molecule has 3 heterocycles. The maximum Gasteiger partial charge on any atom is 0.316 e. The molecule has 0 bridgehead atoms. The highest BCUT2D eigenvalue weighted by Gasteiger charge is 2.27. The van der Waals surface area contributed by atoms with Crippen LogP contribution in [0.25, 0.3) is 0 Å². The summed E-state index contributed by atoms with van der Waals surface area (Å²) >= 11 is 0. The van der Waals surface area contributed by atoms with Gasteiger partial charge in [0.1, 0.15) is 12.4 Å². The van der Waals surface area contributed by atoms with Crippen LogP contribution in [0.2, 0.25) is 0 Å². The van der Waals surface area contributed by atoms with Gasteiger partial charge in [-0.05, 0) is 24.8 Å². The van der Waals surface area contributed by atoms with E-state index in [-0.39, 0.29) is 17.8 Å². The van der Waals surface area contributed by atoms with Crippen molar-refractivity contribution in [2.45, 2.75) is 32.3 Å². The third-order valence-corrected chi connectivity index (χ3v) is 3.64. The van der Waals surface area contributed by atoms with Gasteiger partial charge in [0.15, 0.2) is 0 Å². The zero-order valence-corrected chi connectivity index (χ0v) is 12.4. The minimum atomic E-state index is -0.159. The number of aryl methyl sites for hydroxylation is 1. The molecule has 1 aliphatic heterocycles. The second kappa shape index (κ2) is 6.50. The predicted octanol–water partition coefficient (Wildman–Crippen LogP) is 0.841. The van der Waals surface area contributed by atoms with Gasteiger partial charge in [-0.2, -0.15) is 5.10 Å². The highest BCUT2D eigenvalue weighted by molar-refractivity contribution is 5.90. The van der Waals surface area contributed by atoms with Crippen molar-refractivity contribution >= 4 is 5.91 Å². The predicted molar refractivity (Wildman–Crippen MR) is 77.3 cm³/mol. The number of hydrogen-bond acceptors (Lipinski definition) is 6. The Bertz CT molecular complexity index is 613. The number of ether oxygens (including phenoxy) is 1. The number of amides is 1. The normalized spacial score (nSPS) is 18.2. The number of carbonyl (C=O) groups is 1. The summed E-state index contributed by atoms with van der Waals surface area (Å²) in [5, 5.41) is 6.30. The molecule has 1 N–H and O–H groups in total. The molecule has 1 amide bonds. The lowest BCUT2D eigenvalue weighted by Gasteiger charge is -2.31. The fourth-order valence-corrected chi connectivity index (χ4v) is 2.41. The number of rotatable bonds is 4. The minimum Gasteiger partial charge on any atom is -0.458 e. The maximum atomic E-state index is 12.2. The van der Waals surface area contributed by atoms with Crippen LogP contribution in [0.5, 0.6) is 6.01 Å². The number of nitrogens with one attached hydrogen (secondary N) is 1. The van der Waals surface area contributed by atoms with E-state index in [0.29, 0.717) is 19.1 Å². The molecule has 0 saturated carbocycles. The molecule has 1 fully saturated rings. The molecule has 1 saturated heterocycles. The highest BCUT2D eigenvalue weighted by atomic mass is 16.5. The maximum absolute atomic E-state index is 12.2. The summed E-state index contributed by atoms with van der Waals surface area (Å²) in [5.74, 6) is 0.0947. The number of H-pyrrole nitrogens is 1. The molecule has 2 aromatic rings. The third-order valence-electron chi connectivity index (χ3n) is 3.64. The molecule has 1 atom stereocenters. The number of likely N-dealkylation sites (tertiary alicyclic amines) is 1. The van der Waals surface area contributed by atoms with Crippen molar-refractivity contribution in [3.8, 4) is 6.01 Å². The van der Waals surface area contributed by atoms with E-state index in [1.807, 2.05) is 6.92 Å². The summed E-state index contributed by atoms with van der Waals surface area (Å²) < 4.78 is 5.79. The van der Waals surface area contributed by atoms with E-state index in [2.05, 4.69) is 25.1 Å². The van der Waals surface area contributed by atoms with Crippen LogP contribution >= 0.6 is 0 Å². The van der Waals surface area contributed by atoms with E-state index in [0.717, 1.165) is 24.8 Å². The Morgan fingerprint density at radius 2 is 2.23 bits per heavy atom. The van der Waals surface area contributed by atoms with Gasteiger partial charge < -0.3 is 9.64 Å². The number of aromatic nitrogens is 5. The molecule has 2 aromatic heterocycles. The number of aromatic amines is 1. The molecule has 116 valence electrons. The molecular formula is C14H18N6O2. The van der Waals surface area contributed by atoms with E-state index < -0.39 is 0 Å². The third kappa shape index (κ3) is 3.21. The molecule has 8 nitrogen and oxygen atoms in total. The number of nitrogens with zero attached hydrogens (tertiary/aromatic N) is 5. The quantitative estimate of drug-likeness (QED) is 0.899. The van der Waals surface area contributed by atoms with Gasteiger partial charge in [0.05, 0.1) is 6.54 Å².